The van der Waals surface area contributed by atoms with Gasteiger partial charge in [0.2, 0.25) is 0 Å². The van der Waals surface area contributed by atoms with Gasteiger partial charge in [-0.15, -0.1) is 0 Å². The van der Waals surface area contributed by atoms with Gasteiger partial charge >= 0.3 is 5.69 Å². The first-order valence-corrected chi connectivity index (χ1v) is 6.20. The van der Waals surface area contributed by atoms with Crippen LogP contribution in [-0.2, 0) is 0 Å². The molecule has 1 aliphatic heterocycles. The standard InChI is InChI=1S/C13H17N3O2/c1-15-8-4-7-11(15)16-12-9(14-13(16)17)5-3-6-10(12)18-2/h3,5-6,11H,4,7-8H2,1-2H3,(H,14,17). The lowest BCUT2D eigenvalue weighted by Gasteiger charge is -2.21. The number of hydrogen-bond donors (Lipinski definition) is 1. The van der Waals surface area contributed by atoms with Crippen LogP contribution in [0.5, 0.6) is 5.75 Å². The van der Waals surface area contributed by atoms with Crippen LogP contribution in [0.2, 0.25) is 0 Å². The Morgan fingerprint density at radius 1 is 1.44 bits per heavy atom. The molecule has 2 heterocycles. The van der Waals surface area contributed by atoms with E-state index in [0.29, 0.717) is 0 Å². The van der Waals surface area contributed by atoms with Crippen molar-refractivity contribution in [3.05, 3.63) is 28.7 Å². The molecule has 5 nitrogen and oxygen atoms in total. The molecule has 1 unspecified atom stereocenters. The first-order valence-electron chi connectivity index (χ1n) is 6.20. The van der Waals surface area contributed by atoms with Crippen LogP contribution >= 0.6 is 0 Å². The van der Waals surface area contributed by atoms with Crippen LogP contribution in [-0.4, -0.2) is 35.2 Å². The molecule has 1 atom stereocenters. The highest BCUT2D eigenvalue weighted by molar-refractivity contribution is 5.82. The second-order valence-corrected chi connectivity index (χ2v) is 4.76. The molecule has 1 aliphatic rings. The predicted molar refractivity (Wildman–Crippen MR) is 70.0 cm³/mol. The molecule has 96 valence electrons. The highest BCUT2D eigenvalue weighted by atomic mass is 16.5. The van der Waals surface area contributed by atoms with Gasteiger partial charge in [0.1, 0.15) is 11.3 Å². The molecule has 3 rings (SSSR count). The Hall–Kier alpha value is -1.75. The lowest BCUT2D eigenvalue weighted by atomic mass is 10.2. The number of rotatable bonds is 2. The molecule has 0 amide bonds. The second-order valence-electron chi connectivity index (χ2n) is 4.76. The first kappa shape index (κ1) is 11.3. The van der Waals surface area contributed by atoms with Gasteiger partial charge in [-0.05, 0) is 38.6 Å². The van der Waals surface area contributed by atoms with Crippen LogP contribution in [0.1, 0.15) is 19.0 Å². The van der Waals surface area contributed by atoms with Crippen LogP contribution in [0, 0.1) is 0 Å². The number of fused-ring (bicyclic) bond motifs is 1. The van der Waals surface area contributed by atoms with E-state index < -0.39 is 0 Å². The molecule has 1 fully saturated rings. The molecule has 1 saturated heterocycles. The molecular formula is C13H17N3O2. The van der Waals surface area contributed by atoms with Gasteiger partial charge in [0.05, 0.1) is 18.8 Å². The fourth-order valence-electron chi connectivity index (χ4n) is 2.82. The Kier molecular flexibility index (Phi) is 2.63. The second kappa shape index (κ2) is 4.17. The number of H-pyrrole nitrogens is 1. The van der Waals surface area contributed by atoms with Gasteiger partial charge in [0.15, 0.2) is 0 Å². The molecule has 0 saturated carbocycles. The Bertz CT molecular complexity index is 629. The molecule has 0 bridgehead atoms. The number of benzene rings is 1. The number of nitrogens with one attached hydrogen (secondary N) is 1. The van der Waals surface area contributed by atoms with Gasteiger partial charge in [0, 0.05) is 0 Å². The minimum absolute atomic E-state index is 0.0618. The number of ether oxygens (including phenoxy) is 1. The van der Waals surface area contributed by atoms with E-state index in [-0.39, 0.29) is 11.9 Å². The van der Waals surface area contributed by atoms with E-state index in [9.17, 15) is 4.79 Å². The lowest BCUT2D eigenvalue weighted by Crippen LogP contribution is -2.30. The van der Waals surface area contributed by atoms with Crippen molar-refractivity contribution in [3.8, 4) is 5.75 Å². The molecule has 1 N–H and O–H groups in total. The SMILES string of the molecule is COc1cccc2[nH]c(=O)n(C3CCCN3C)c12. The summed E-state index contributed by atoms with van der Waals surface area (Å²) < 4.78 is 7.20. The van der Waals surface area contributed by atoms with Gasteiger partial charge < -0.3 is 9.72 Å². The van der Waals surface area contributed by atoms with Crippen molar-refractivity contribution in [1.29, 1.82) is 0 Å². The van der Waals surface area contributed by atoms with Crippen LogP contribution in [0.4, 0.5) is 0 Å². The molecule has 0 radical (unpaired) electrons. The van der Waals surface area contributed by atoms with Crippen molar-refractivity contribution in [2.24, 2.45) is 0 Å². The molecule has 1 aromatic carbocycles. The average Bonchev–Trinajstić information content (AvgIpc) is 2.91. The number of methoxy groups -OCH3 is 1. The molecule has 5 heteroatoms. The fraction of sp³-hybridized carbons (Fsp3) is 0.462. The maximum Gasteiger partial charge on any atom is 0.327 e. The monoisotopic (exact) mass is 247 g/mol. The van der Waals surface area contributed by atoms with E-state index >= 15 is 0 Å². The number of aromatic nitrogens is 2. The minimum atomic E-state index is -0.0618. The van der Waals surface area contributed by atoms with Gasteiger partial charge in [-0.2, -0.15) is 0 Å². The largest absolute Gasteiger partial charge is 0.494 e. The van der Waals surface area contributed by atoms with E-state index in [1.54, 1.807) is 7.11 Å². The quantitative estimate of drug-likeness (QED) is 0.876. The zero-order chi connectivity index (χ0) is 12.7. The van der Waals surface area contributed by atoms with Crippen LogP contribution in [0.3, 0.4) is 0 Å². The summed E-state index contributed by atoms with van der Waals surface area (Å²) in [5, 5.41) is 0. The minimum Gasteiger partial charge on any atom is -0.494 e. The summed E-state index contributed by atoms with van der Waals surface area (Å²) in [6, 6.07) is 5.69. The van der Waals surface area contributed by atoms with Crippen molar-refractivity contribution in [2.75, 3.05) is 20.7 Å². The molecular weight excluding hydrogens is 230 g/mol. The maximum absolute atomic E-state index is 12.2. The molecule has 18 heavy (non-hydrogen) atoms. The Labute approximate surface area is 105 Å². The summed E-state index contributed by atoms with van der Waals surface area (Å²) in [6.45, 7) is 1.03. The Morgan fingerprint density at radius 2 is 2.28 bits per heavy atom. The van der Waals surface area contributed by atoms with Crippen molar-refractivity contribution in [1.82, 2.24) is 14.5 Å². The zero-order valence-corrected chi connectivity index (χ0v) is 10.6. The van der Waals surface area contributed by atoms with E-state index in [1.165, 1.54) is 0 Å². The van der Waals surface area contributed by atoms with Gasteiger partial charge in [-0.3, -0.25) is 9.47 Å². The summed E-state index contributed by atoms with van der Waals surface area (Å²) in [5.74, 6) is 0.742. The van der Waals surface area contributed by atoms with Crippen molar-refractivity contribution < 1.29 is 4.74 Å². The normalized spacial score (nSPS) is 20.7. The summed E-state index contributed by atoms with van der Waals surface area (Å²) in [4.78, 5) is 17.3. The average molecular weight is 247 g/mol. The number of nitrogens with zero attached hydrogens (tertiary/aromatic N) is 2. The predicted octanol–water partition coefficient (Wildman–Crippen LogP) is 1.56. The molecule has 1 aromatic heterocycles. The Balaban J connectivity index is 2.27. The summed E-state index contributed by atoms with van der Waals surface area (Å²) in [5.41, 5.74) is 1.64. The van der Waals surface area contributed by atoms with E-state index in [2.05, 4.69) is 16.9 Å². The van der Waals surface area contributed by atoms with Crippen LogP contribution < -0.4 is 10.4 Å². The van der Waals surface area contributed by atoms with Gasteiger partial charge in [-0.25, -0.2) is 4.79 Å². The van der Waals surface area contributed by atoms with Gasteiger partial charge in [-0.1, -0.05) is 6.07 Å². The molecule has 0 spiro atoms. The smallest absolute Gasteiger partial charge is 0.327 e. The summed E-state index contributed by atoms with van der Waals surface area (Å²) >= 11 is 0. The highest BCUT2D eigenvalue weighted by Crippen LogP contribution is 2.30. The molecule has 2 aromatic rings. The lowest BCUT2D eigenvalue weighted by molar-refractivity contribution is 0.237. The van der Waals surface area contributed by atoms with Crippen LogP contribution in [0.25, 0.3) is 11.0 Å². The van der Waals surface area contributed by atoms with Crippen molar-refractivity contribution in [3.63, 3.8) is 0 Å². The number of para-hydroxylation sites is 1. The number of imidazole rings is 1. The number of likely N-dealkylation sites (tertiary alicyclic amines) is 1. The van der Waals surface area contributed by atoms with E-state index in [0.717, 1.165) is 36.2 Å². The van der Waals surface area contributed by atoms with Gasteiger partial charge in [0.25, 0.3) is 0 Å². The third-order valence-electron chi connectivity index (χ3n) is 3.70. The summed E-state index contributed by atoms with van der Waals surface area (Å²) in [7, 11) is 3.69. The van der Waals surface area contributed by atoms with Crippen molar-refractivity contribution >= 4 is 11.0 Å². The van der Waals surface area contributed by atoms with Crippen molar-refractivity contribution in [2.45, 2.75) is 19.0 Å². The number of aromatic amines is 1. The first-order chi connectivity index (χ1) is 8.72. The maximum atomic E-state index is 12.2. The van der Waals surface area contributed by atoms with E-state index in [4.69, 9.17) is 4.74 Å². The topological polar surface area (TPSA) is 50.3 Å². The summed E-state index contributed by atoms with van der Waals surface area (Å²) in [6.07, 6.45) is 2.25. The van der Waals surface area contributed by atoms with Crippen LogP contribution in [0.15, 0.2) is 23.0 Å². The Morgan fingerprint density at radius 3 is 2.94 bits per heavy atom. The zero-order valence-electron chi connectivity index (χ0n) is 10.6. The third kappa shape index (κ3) is 1.54. The van der Waals surface area contributed by atoms with E-state index in [1.807, 2.05) is 22.8 Å². The highest BCUT2D eigenvalue weighted by Gasteiger charge is 2.26. The molecule has 0 aliphatic carbocycles. The number of hydrogen-bond acceptors (Lipinski definition) is 3. The third-order valence-corrected chi connectivity index (χ3v) is 3.70. The fourth-order valence-corrected chi connectivity index (χ4v) is 2.82.